The van der Waals surface area contributed by atoms with Crippen molar-refractivity contribution in [2.45, 2.75) is 23.3 Å². The summed E-state index contributed by atoms with van der Waals surface area (Å²) in [6.45, 7) is 1.33. The normalized spacial score (nSPS) is 49.8. The molecule has 0 atom stereocenters. The van der Waals surface area contributed by atoms with Gasteiger partial charge in [0, 0.05) is 6.54 Å². The fraction of sp³-hybridized carbons (Fsp3) is 1.00. The lowest BCUT2D eigenvalue weighted by molar-refractivity contribution is 0.0129. The summed E-state index contributed by atoms with van der Waals surface area (Å²) in [7, 11) is 0. The highest BCUT2D eigenvalue weighted by molar-refractivity contribution is 6.25. The minimum absolute atomic E-state index is 0. The third kappa shape index (κ3) is 0.944. The predicted octanol–water partition coefficient (Wildman–Crippen LogP) is 0.907. The number of nitrogens with two attached hydrogens (primary N) is 1. The van der Waals surface area contributed by atoms with Crippen LogP contribution in [0.1, 0.15) is 12.8 Å². The SMILES string of the molecule is Cl.NCC12CC(Cl)(CO1)C2. The van der Waals surface area contributed by atoms with Gasteiger partial charge in [-0.25, -0.2) is 0 Å². The Balaban J connectivity index is 0.000000500. The summed E-state index contributed by atoms with van der Waals surface area (Å²) in [6.07, 6.45) is 1.91. The molecule has 0 radical (unpaired) electrons. The van der Waals surface area contributed by atoms with E-state index >= 15 is 0 Å². The van der Waals surface area contributed by atoms with Crippen molar-refractivity contribution in [3.8, 4) is 0 Å². The fourth-order valence-electron chi connectivity index (χ4n) is 1.79. The van der Waals surface area contributed by atoms with Crippen LogP contribution in [-0.4, -0.2) is 23.6 Å². The lowest BCUT2D eigenvalue weighted by Gasteiger charge is -2.39. The van der Waals surface area contributed by atoms with E-state index in [1.807, 2.05) is 0 Å². The second-order valence-electron chi connectivity index (χ2n) is 3.18. The first kappa shape index (κ1) is 8.60. The Morgan fingerprint density at radius 3 is 2.30 bits per heavy atom. The van der Waals surface area contributed by atoms with Gasteiger partial charge in [-0.3, -0.25) is 0 Å². The van der Waals surface area contributed by atoms with Gasteiger partial charge >= 0.3 is 0 Å². The summed E-state index contributed by atoms with van der Waals surface area (Å²) in [6, 6.07) is 0. The zero-order chi connectivity index (χ0) is 6.54. The van der Waals surface area contributed by atoms with E-state index in [0.717, 1.165) is 12.8 Å². The van der Waals surface area contributed by atoms with E-state index in [1.165, 1.54) is 0 Å². The van der Waals surface area contributed by atoms with Gasteiger partial charge in [0.15, 0.2) is 0 Å². The van der Waals surface area contributed by atoms with Crippen LogP contribution < -0.4 is 5.73 Å². The molecular weight excluding hydrogens is 173 g/mol. The van der Waals surface area contributed by atoms with E-state index in [9.17, 15) is 0 Å². The number of alkyl halides is 1. The number of hydrogen-bond acceptors (Lipinski definition) is 2. The Labute approximate surface area is 71.5 Å². The van der Waals surface area contributed by atoms with Crippen LogP contribution in [0.2, 0.25) is 0 Å². The van der Waals surface area contributed by atoms with Crippen molar-refractivity contribution in [2.75, 3.05) is 13.2 Å². The van der Waals surface area contributed by atoms with Crippen LogP contribution in [0.15, 0.2) is 0 Å². The lowest BCUT2D eigenvalue weighted by Crippen LogP contribution is -2.50. The molecule has 60 valence electrons. The van der Waals surface area contributed by atoms with Crippen molar-refractivity contribution in [3.63, 3.8) is 0 Å². The standard InChI is InChI=1S/C6H10ClNO.ClH/c7-5-1-6(2-5,3-8)9-4-5;/h1-4,8H2;1H. The number of rotatable bonds is 1. The summed E-state index contributed by atoms with van der Waals surface area (Å²) >= 11 is 6.02. The number of hydrogen-bond donors (Lipinski definition) is 1. The molecule has 0 aromatic heterocycles. The maximum absolute atomic E-state index is 6.02. The van der Waals surface area contributed by atoms with Crippen LogP contribution in [0.4, 0.5) is 0 Å². The van der Waals surface area contributed by atoms with Crippen molar-refractivity contribution in [3.05, 3.63) is 0 Å². The number of halogens is 2. The van der Waals surface area contributed by atoms with Gasteiger partial charge in [0.05, 0.1) is 17.1 Å². The molecule has 2 heterocycles. The molecule has 2 N–H and O–H groups in total. The highest BCUT2D eigenvalue weighted by Gasteiger charge is 2.60. The molecule has 3 aliphatic rings. The average molecular weight is 184 g/mol. The van der Waals surface area contributed by atoms with Crippen LogP contribution in [0.5, 0.6) is 0 Å². The van der Waals surface area contributed by atoms with E-state index in [-0.39, 0.29) is 22.9 Å². The topological polar surface area (TPSA) is 35.2 Å². The first-order valence-electron chi connectivity index (χ1n) is 3.21. The second-order valence-corrected chi connectivity index (χ2v) is 3.98. The average Bonchev–Trinajstić information content (AvgIpc) is 2.20. The van der Waals surface area contributed by atoms with Gasteiger partial charge in [0.1, 0.15) is 0 Å². The summed E-state index contributed by atoms with van der Waals surface area (Å²) in [5.74, 6) is 0. The van der Waals surface area contributed by atoms with E-state index in [2.05, 4.69) is 0 Å². The molecule has 1 saturated carbocycles. The molecule has 3 rings (SSSR count). The van der Waals surface area contributed by atoms with Crippen LogP contribution in [0, 0.1) is 0 Å². The van der Waals surface area contributed by atoms with Crippen LogP contribution in [0.25, 0.3) is 0 Å². The van der Waals surface area contributed by atoms with Crippen LogP contribution >= 0.6 is 24.0 Å². The molecule has 2 nitrogen and oxygen atoms in total. The quantitative estimate of drug-likeness (QED) is 0.614. The fourth-order valence-corrected chi connectivity index (χ4v) is 2.33. The molecule has 0 unspecified atom stereocenters. The van der Waals surface area contributed by atoms with Crippen molar-refractivity contribution in [1.29, 1.82) is 0 Å². The molecule has 0 amide bonds. The highest BCUT2D eigenvalue weighted by atomic mass is 35.5. The van der Waals surface area contributed by atoms with E-state index in [4.69, 9.17) is 22.1 Å². The smallest absolute Gasteiger partial charge is 0.0840 e. The minimum Gasteiger partial charge on any atom is -0.372 e. The van der Waals surface area contributed by atoms with Crippen molar-refractivity contribution < 1.29 is 4.74 Å². The Kier molecular flexibility index (Phi) is 1.93. The van der Waals surface area contributed by atoms with Crippen molar-refractivity contribution in [2.24, 2.45) is 5.73 Å². The molecule has 3 fully saturated rings. The van der Waals surface area contributed by atoms with Crippen molar-refractivity contribution in [1.82, 2.24) is 0 Å². The minimum atomic E-state index is -0.0284. The van der Waals surface area contributed by atoms with Crippen molar-refractivity contribution >= 4 is 24.0 Å². The maximum Gasteiger partial charge on any atom is 0.0840 e. The Morgan fingerprint density at radius 2 is 2.10 bits per heavy atom. The third-order valence-electron chi connectivity index (χ3n) is 2.29. The summed E-state index contributed by atoms with van der Waals surface area (Å²) < 4.78 is 5.41. The molecule has 4 heteroatoms. The zero-order valence-electron chi connectivity index (χ0n) is 5.60. The molecular formula is C6H11Cl2NO. The largest absolute Gasteiger partial charge is 0.372 e. The zero-order valence-corrected chi connectivity index (χ0v) is 7.17. The molecule has 0 aromatic carbocycles. The van der Waals surface area contributed by atoms with Gasteiger partial charge in [-0.15, -0.1) is 24.0 Å². The number of ether oxygens (including phenoxy) is 1. The summed E-state index contributed by atoms with van der Waals surface area (Å²) in [5, 5.41) is 0. The van der Waals surface area contributed by atoms with Gasteiger partial charge < -0.3 is 10.5 Å². The van der Waals surface area contributed by atoms with Gasteiger partial charge in [-0.1, -0.05) is 0 Å². The summed E-state index contributed by atoms with van der Waals surface area (Å²) in [4.78, 5) is -0.0284. The van der Waals surface area contributed by atoms with Gasteiger partial charge in [0.25, 0.3) is 0 Å². The van der Waals surface area contributed by atoms with E-state index in [1.54, 1.807) is 0 Å². The number of fused-ring (bicyclic) bond motifs is 1. The molecule has 0 spiro atoms. The summed E-state index contributed by atoms with van der Waals surface area (Å²) in [5.41, 5.74) is 5.47. The Hall–Kier alpha value is 0.500. The van der Waals surface area contributed by atoms with Gasteiger partial charge in [-0.2, -0.15) is 0 Å². The molecule has 1 aliphatic carbocycles. The molecule has 2 aliphatic heterocycles. The Morgan fingerprint density at radius 1 is 1.50 bits per heavy atom. The van der Waals surface area contributed by atoms with Gasteiger partial charge in [-0.05, 0) is 12.8 Å². The first-order chi connectivity index (χ1) is 4.18. The monoisotopic (exact) mass is 183 g/mol. The predicted molar refractivity (Wildman–Crippen MR) is 42.8 cm³/mol. The first-order valence-corrected chi connectivity index (χ1v) is 3.59. The van der Waals surface area contributed by atoms with Crippen LogP contribution in [-0.2, 0) is 4.74 Å². The molecule has 2 bridgehead atoms. The second kappa shape index (κ2) is 2.24. The van der Waals surface area contributed by atoms with Gasteiger partial charge in [0.2, 0.25) is 0 Å². The molecule has 0 aromatic rings. The van der Waals surface area contributed by atoms with E-state index < -0.39 is 0 Å². The third-order valence-corrected chi connectivity index (χ3v) is 2.66. The Bertz CT molecular complexity index is 145. The van der Waals surface area contributed by atoms with E-state index in [0.29, 0.717) is 13.2 Å². The molecule has 10 heavy (non-hydrogen) atoms. The lowest BCUT2D eigenvalue weighted by atomic mass is 9.74. The maximum atomic E-state index is 6.02. The van der Waals surface area contributed by atoms with Crippen LogP contribution in [0.3, 0.4) is 0 Å². The molecule has 2 saturated heterocycles. The highest BCUT2D eigenvalue weighted by Crippen LogP contribution is 2.54.